The second-order valence-corrected chi connectivity index (χ2v) is 3.67. The van der Waals surface area contributed by atoms with Crippen molar-refractivity contribution in [2.45, 2.75) is 0 Å². The third kappa shape index (κ3) is 4.37. The fraction of sp³-hybridized carbons (Fsp3) is 0.111. The first-order chi connectivity index (χ1) is 7.22. The van der Waals surface area contributed by atoms with Gasteiger partial charge in [-0.15, -0.1) is 0 Å². The monoisotopic (exact) mass is 224 g/mol. The van der Waals surface area contributed by atoms with Crippen LogP contribution in [0.3, 0.4) is 0 Å². The second kappa shape index (κ2) is 5.92. The van der Waals surface area contributed by atoms with Gasteiger partial charge in [-0.2, -0.15) is 5.10 Å². The maximum atomic E-state index is 11.3. The molecule has 0 bridgehead atoms. The summed E-state index contributed by atoms with van der Waals surface area (Å²) in [5.41, 5.74) is 6.08. The number of thioether (sulfide) groups is 1. The highest BCUT2D eigenvalue weighted by Crippen LogP contribution is 2.06. The summed E-state index contributed by atoms with van der Waals surface area (Å²) >= 11 is 1.09. The summed E-state index contributed by atoms with van der Waals surface area (Å²) in [7, 11) is 0. The minimum Gasteiger partial charge on any atom is -0.377 e. The quantitative estimate of drug-likeness (QED) is 0.302. The van der Waals surface area contributed by atoms with Gasteiger partial charge in [-0.3, -0.25) is 4.79 Å². The second-order valence-electron chi connectivity index (χ2n) is 2.67. The van der Waals surface area contributed by atoms with Crippen molar-refractivity contribution < 1.29 is 4.79 Å². The van der Waals surface area contributed by atoms with Gasteiger partial charge >= 0.3 is 0 Å². The molecule has 6 heteroatoms. The fourth-order valence-electron chi connectivity index (χ4n) is 0.895. The van der Waals surface area contributed by atoms with Crippen LogP contribution in [0, 0.1) is 0 Å². The summed E-state index contributed by atoms with van der Waals surface area (Å²) < 4.78 is 0. The number of anilines is 1. The Morgan fingerprint density at radius 1 is 1.40 bits per heavy atom. The van der Waals surface area contributed by atoms with Crippen molar-refractivity contribution in [1.29, 1.82) is 0 Å². The van der Waals surface area contributed by atoms with Crippen LogP contribution in [0.2, 0.25) is 0 Å². The molecule has 0 saturated heterocycles. The molecular weight excluding hydrogens is 212 g/mol. The van der Waals surface area contributed by atoms with Crippen molar-refractivity contribution in [1.82, 2.24) is 0 Å². The molecule has 5 nitrogen and oxygen atoms in total. The van der Waals surface area contributed by atoms with Gasteiger partial charge in [0.2, 0.25) is 5.91 Å². The van der Waals surface area contributed by atoms with Gasteiger partial charge < -0.3 is 16.9 Å². The standard InChI is InChI=1S/C9H12N4OS/c10-9(13-11)15-6-8(14)12-7-4-2-1-3-5-7/h1-5H,6,11H2,(H2,10,13)(H,12,14). The zero-order valence-corrected chi connectivity index (χ0v) is 8.83. The van der Waals surface area contributed by atoms with E-state index in [4.69, 9.17) is 11.6 Å². The molecule has 0 aliphatic rings. The van der Waals surface area contributed by atoms with Crippen molar-refractivity contribution in [3.05, 3.63) is 30.3 Å². The van der Waals surface area contributed by atoms with Gasteiger partial charge in [0.05, 0.1) is 5.75 Å². The Balaban J connectivity index is 2.37. The van der Waals surface area contributed by atoms with Crippen LogP contribution in [-0.4, -0.2) is 16.8 Å². The highest BCUT2D eigenvalue weighted by atomic mass is 32.2. The lowest BCUT2D eigenvalue weighted by molar-refractivity contribution is -0.113. The average molecular weight is 224 g/mol. The number of nitrogens with one attached hydrogen (secondary N) is 1. The van der Waals surface area contributed by atoms with Crippen molar-refractivity contribution in [2.24, 2.45) is 16.7 Å². The smallest absolute Gasteiger partial charge is 0.234 e. The Morgan fingerprint density at radius 3 is 2.67 bits per heavy atom. The molecule has 15 heavy (non-hydrogen) atoms. The molecule has 1 aromatic rings. The number of carbonyl (C=O) groups is 1. The normalized spacial score (nSPS) is 11.1. The number of carbonyl (C=O) groups excluding carboxylic acids is 1. The molecule has 0 saturated carbocycles. The number of hydrazone groups is 1. The lowest BCUT2D eigenvalue weighted by Gasteiger charge is -2.03. The van der Waals surface area contributed by atoms with Gasteiger partial charge in [-0.05, 0) is 12.1 Å². The summed E-state index contributed by atoms with van der Waals surface area (Å²) in [5, 5.41) is 6.15. The van der Waals surface area contributed by atoms with E-state index < -0.39 is 0 Å². The van der Waals surface area contributed by atoms with Gasteiger partial charge in [0.15, 0.2) is 5.17 Å². The van der Waals surface area contributed by atoms with Crippen LogP contribution in [0.5, 0.6) is 0 Å². The number of hydrogen-bond acceptors (Lipinski definition) is 4. The van der Waals surface area contributed by atoms with E-state index in [1.807, 2.05) is 30.3 Å². The van der Waals surface area contributed by atoms with Gasteiger partial charge in [0.1, 0.15) is 0 Å². The molecule has 0 heterocycles. The molecule has 0 radical (unpaired) electrons. The Hall–Kier alpha value is -1.69. The van der Waals surface area contributed by atoms with Crippen molar-refractivity contribution in [3.63, 3.8) is 0 Å². The Kier molecular flexibility index (Phi) is 4.49. The van der Waals surface area contributed by atoms with E-state index in [1.54, 1.807) is 0 Å². The molecule has 1 rings (SSSR count). The van der Waals surface area contributed by atoms with E-state index in [-0.39, 0.29) is 16.8 Å². The minimum absolute atomic E-state index is 0.141. The van der Waals surface area contributed by atoms with Crippen LogP contribution < -0.4 is 16.9 Å². The molecule has 0 spiro atoms. The number of amidine groups is 1. The summed E-state index contributed by atoms with van der Waals surface area (Å²) in [5.74, 6) is 4.98. The first-order valence-corrected chi connectivity index (χ1v) is 5.22. The summed E-state index contributed by atoms with van der Waals surface area (Å²) in [4.78, 5) is 11.3. The average Bonchev–Trinajstić information content (AvgIpc) is 2.27. The lowest BCUT2D eigenvalue weighted by Crippen LogP contribution is -2.18. The number of amides is 1. The number of benzene rings is 1. The molecule has 0 fully saturated rings. The van der Waals surface area contributed by atoms with E-state index in [9.17, 15) is 4.79 Å². The predicted octanol–water partition coefficient (Wildman–Crippen LogP) is 0.547. The van der Waals surface area contributed by atoms with Gasteiger partial charge in [0.25, 0.3) is 0 Å². The van der Waals surface area contributed by atoms with E-state index in [0.717, 1.165) is 17.4 Å². The van der Waals surface area contributed by atoms with Gasteiger partial charge in [-0.25, -0.2) is 0 Å². The number of para-hydroxylation sites is 1. The van der Waals surface area contributed by atoms with Crippen LogP contribution in [0.1, 0.15) is 0 Å². The SMILES string of the molecule is NN=C(N)SCC(=O)Nc1ccccc1. The Morgan fingerprint density at radius 2 is 2.07 bits per heavy atom. The molecule has 0 aliphatic heterocycles. The number of nitrogens with zero attached hydrogens (tertiary/aromatic N) is 1. The zero-order valence-electron chi connectivity index (χ0n) is 8.01. The molecule has 80 valence electrons. The van der Waals surface area contributed by atoms with E-state index in [1.165, 1.54) is 0 Å². The highest BCUT2D eigenvalue weighted by molar-refractivity contribution is 8.14. The van der Waals surface area contributed by atoms with Crippen molar-refractivity contribution >= 4 is 28.5 Å². The van der Waals surface area contributed by atoms with Crippen LogP contribution in [-0.2, 0) is 4.79 Å². The zero-order chi connectivity index (χ0) is 11.1. The van der Waals surface area contributed by atoms with E-state index in [2.05, 4.69) is 10.4 Å². The van der Waals surface area contributed by atoms with Crippen molar-refractivity contribution in [3.8, 4) is 0 Å². The Bertz CT molecular complexity index is 352. The topological polar surface area (TPSA) is 93.5 Å². The summed E-state index contributed by atoms with van der Waals surface area (Å²) in [6, 6.07) is 9.19. The maximum Gasteiger partial charge on any atom is 0.234 e. The maximum absolute atomic E-state index is 11.3. The van der Waals surface area contributed by atoms with Crippen molar-refractivity contribution in [2.75, 3.05) is 11.1 Å². The van der Waals surface area contributed by atoms with Gasteiger partial charge in [0, 0.05) is 5.69 Å². The summed E-state index contributed by atoms with van der Waals surface area (Å²) in [6.07, 6.45) is 0. The lowest BCUT2D eigenvalue weighted by atomic mass is 10.3. The minimum atomic E-state index is -0.141. The summed E-state index contributed by atoms with van der Waals surface area (Å²) in [6.45, 7) is 0. The molecule has 0 aliphatic carbocycles. The van der Waals surface area contributed by atoms with Crippen LogP contribution in [0.25, 0.3) is 0 Å². The Labute approximate surface area is 91.9 Å². The van der Waals surface area contributed by atoms with Crippen LogP contribution in [0.15, 0.2) is 35.4 Å². The molecule has 0 unspecified atom stereocenters. The van der Waals surface area contributed by atoms with E-state index in [0.29, 0.717) is 0 Å². The number of rotatable bonds is 3. The van der Waals surface area contributed by atoms with Gasteiger partial charge in [-0.1, -0.05) is 30.0 Å². The molecule has 0 atom stereocenters. The van der Waals surface area contributed by atoms with E-state index >= 15 is 0 Å². The number of nitrogens with two attached hydrogens (primary N) is 2. The van der Waals surface area contributed by atoms with Crippen LogP contribution in [0.4, 0.5) is 5.69 Å². The first-order valence-electron chi connectivity index (χ1n) is 4.23. The third-order valence-electron chi connectivity index (χ3n) is 1.54. The number of hydrogen-bond donors (Lipinski definition) is 3. The molecular formula is C9H12N4OS. The molecule has 1 aromatic carbocycles. The predicted molar refractivity (Wildman–Crippen MR) is 63.3 cm³/mol. The molecule has 1 amide bonds. The first kappa shape index (κ1) is 11.4. The largest absolute Gasteiger partial charge is 0.377 e. The third-order valence-corrected chi connectivity index (χ3v) is 2.34. The molecule has 0 aromatic heterocycles. The highest BCUT2D eigenvalue weighted by Gasteiger charge is 2.03. The van der Waals surface area contributed by atoms with Crippen LogP contribution >= 0.6 is 11.8 Å². The fourth-order valence-corrected chi connectivity index (χ4v) is 1.32. The molecule has 5 N–H and O–H groups in total.